The molecule has 1 amide bonds. The summed E-state index contributed by atoms with van der Waals surface area (Å²) >= 11 is 3.07. The largest absolute Gasteiger partial charge is 0.481 e. The second-order valence-corrected chi connectivity index (χ2v) is 5.10. The van der Waals surface area contributed by atoms with Gasteiger partial charge in [-0.05, 0) is 35.0 Å². The predicted molar refractivity (Wildman–Crippen MR) is 66.9 cm³/mol. The van der Waals surface area contributed by atoms with E-state index in [1.165, 1.54) is 11.0 Å². The van der Waals surface area contributed by atoms with Crippen molar-refractivity contribution in [1.82, 2.24) is 0 Å². The third kappa shape index (κ3) is 2.12. The molecule has 1 heterocycles. The van der Waals surface area contributed by atoms with Gasteiger partial charge in [0.25, 0.3) is 0 Å². The third-order valence-electron chi connectivity index (χ3n) is 3.08. The number of carbonyl (C=O) groups is 2. The molecule has 1 N–H and O–H groups in total. The Labute approximate surface area is 112 Å². The molecule has 1 unspecified atom stereocenters. The molecular weight excluding hydrogens is 305 g/mol. The third-order valence-corrected chi connectivity index (χ3v) is 3.69. The van der Waals surface area contributed by atoms with Crippen molar-refractivity contribution in [1.29, 1.82) is 0 Å². The maximum Gasteiger partial charge on any atom is 0.308 e. The summed E-state index contributed by atoms with van der Waals surface area (Å²) < 4.78 is 14.1. The molecule has 1 saturated heterocycles. The predicted octanol–water partition coefficient (Wildman–Crippen LogP) is 2.33. The fourth-order valence-electron chi connectivity index (χ4n) is 2.04. The first-order chi connectivity index (χ1) is 8.41. The van der Waals surface area contributed by atoms with Crippen LogP contribution in [0, 0.1) is 18.7 Å². The van der Waals surface area contributed by atoms with Crippen LogP contribution in [0.4, 0.5) is 10.1 Å². The summed E-state index contributed by atoms with van der Waals surface area (Å²) in [6, 6.07) is 3.13. The molecule has 2 rings (SSSR count). The van der Waals surface area contributed by atoms with E-state index in [-0.39, 0.29) is 18.9 Å². The molecule has 1 aliphatic heterocycles. The van der Waals surface area contributed by atoms with Crippen molar-refractivity contribution < 1.29 is 19.1 Å². The lowest BCUT2D eigenvalue weighted by Crippen LogP contribution is -2.26. The Bertz CT molecular complexity index is 532. The average Bonchev–Trinajstić information content (AvgIpc) is 2.69. The van der Waals surface area contributed by atoms with E-state index < -0.39 is 17.7 Å². The van der Waals surface area contributed by atoms with Gasteiger partial charge in [0.15, 0.2) is 0 Å². The average molecular weight is 316 g/mol. The zero-order chi connectivity index (χ0) is 13.4. The minimum Gasteiger partial charge on any atom is -0.481 e. The minimum atomic E-state index is -0.999. The molecule has 1 aliphatic rings. The first kappa shape index (κ1) is 13.0. The molecule has 18 heavy (non-hydrogen) atoms. The summed E-state index contributed by atoms with van der Waals surface area (Å²) in [5.41, 5.74) is 0.771. The maximum absolute atomic E-state index is 13.7. The van der Waals surface area contributed by atoms with Crippen molar-refractivity contribution in [3.05, 3.63) is 28.0 Å². The highest BCUT2D eigenvalue weighted by atomic mass is 79.9. The number of rotatable bonds is 2. The van der Waals surface area contributed by atoms with E-state index in [1.807, 2.05) is 0 Å². The standard InChI is InChI=1S/C12H11BrFNO3/c1-6-9(3-2-8(13)11(6)14)15-5-7(12(17)18)4-10(15)16/h2-3,7H,4-5H2,1H3,(H,17,18). The van der Waals surface area contributed by atoms with E-state index in [0.717, 1.165) is 0 Å². The number of amides is 1. The van der Waals surface area contributed by atoms with E-state index in [1.54, 1.807) is 13.0 Å². The first-order valence-corrected chi connectivity index (χ1v) is 6.19. The topological polar surface area (TPSA) is 57.6 Å². The van der Waals surface area contributed by atoms with Gasteiger partial charge in [-0.2, -0.15) is 0 Å². The van der Waals surface area contributed by atoms with Crippen LogP contribution in [0.25, 0.3) is 0 Å². The van der Waals surface area contributed by atoms with E-state index in [9.17, 15) is 14.0 Å². The first-order valence-electron chi connectivity index (χ1n) is 5.39. The Morgan fingerprint density at radius 3 is 2.78 bits per heavy atom. The number of carbonyl (C=O) groups excluding carboxylic acids is 1. The molecule has 4 nitrogen and oxygen atoms in total. The number of anilines is 1. The number of carboxylic acid groups (broad SMARTS) is 1. The minimum absolute atomic E-state index is 0.0353. The highest BCUT2D eigenvalue weighted by Gasteiger charge is 2.35. The monoisotopic (exact) mass is 315 g/mol. The van der Waals surface area contributed by atoms with Crippen LogP contribution in [0.15, 0.2) is 16.6 Å². The summed E-state index contributed by atoms with van der Waals surface area (Å²) in [7, 11) is 0. The maximum atomic E-state index is 13.7. The lowest BCUT2D eigenvalue weighted by molar-refractivity contribution is -0.141. The summed E-state index contributed by atoms with van der Waals surface area (Å²) in [5.74, 6) is -2.43. The molecule has 0 bridgehead atoms. The van der Waals surface area contributed by atoms with Crippen molar-refractivity contribution in [3.8, 4) is 0 Å². The van der Waals surface area contributed by atoms with E-state index in [2.05, 4.69) is 15.9 Å². The van der Waals surface area contributed by atoms with Crippen LogP contribution in [0.3, 0.4) is 0 Å². The van der Waals surface area contributed by atoms with Crippen LogP contribution in [0.1, 0.15) is 12.0 Å². The van der Waals surface area contributed by atoms with Crippen LogP contribution >= 0.6 is 15.9 Å². The number of carboxylic acids is 1. The summed E-state index contributed by atoms with van der Waals surface area (Å²) in [6.07, 6.45) is -0.0353. The second kappa shape index (κ2) is 4.68. The van der Waals surface area contributed by atoms with Crippen molar-refractivity contribution >= 4 is 33.5 Å². The smallest absolute Gasteiger partial charge is 0.308 e. The quantitative estimate of drug-likeness (QED) is 0.911. The molecule has 0 saturated carbocycles. The molecular formula is C12H11BrFNO3. The molecule has 0 aliphatic carbocycles. The molecule has 1 fully saturated rings. The van der Waals surface area contributed by atoms with Crippen molar-refractivity contribution in [3.63, 3.8) is 0 Å². The van der Waals surface area contributed by atoms with E-state index >= 15 is 0 Å². The number of benzene rings is 1. The van der Waals surface area contributed by atoms with E-state index in [0.29, 0.717) is 15.7 Å². The van der Waals surface area contributed by atoms with Crippen molar-refractivity contribution in [2.75, 3.05) is 11.4 Å². The summed E-state index contributed by atoms with van der Waals surface area (Å²) in [5, 5.41) is 8.90. The van der Waals surface area contributed by atoms with Gasteiger partial charge in [-0.15, -0.1) is 0 Å². The number of hydrogen-bond acceptors (Lipinski definition) is 2. The molecule has 0 radical (unpaired) electrons. The Morgan fingerprint density at radius 1 is 1.56 bits per heavy atom. The molecule has 1 atom stereocenters. The van der Waals surface area contributed by atoms with E-state index in [4.69, 9.17) is 5.11 Å². The zero-order valence-electron chi connectivity index (χ0n) is 9.61. The lowest BCUT2D eigenvalue weighted by Gasteiger charge is -2.19. The van der Waals surface area contributed by atoms with Gasteiger partial charge in [0, 0.05) is 24.2 Å². The number of halogens is 2. The highest BCUT2D eigenvalue weighted by Crippen LogP contribution is 2.32. The molecule has 0 spiro atoms. The van der Waals surface area contributed by atoms with Gasteiger partial charge in [0.1, 0.15) is 5.82 Å². The Hall–Kier alpha value is -1.43. The molecule has 6 heteroatoms. The van der Waals surface area contributed by atoms with Crippen LogP contribution in [0.2, 0.25) is 0 Å². The summed E-state index contributed by atoms with van der Waals surface area (Å²) in [4.78, 5) is 24.0. The number of nitrogens with zero attached hydrogens (tertiary/aromatic N) is 1. The van der Waals surface area contributed by atoms with Gasteiger partial charge >= 0.3 is 5.97 Å². The van der Waals surface area contributed by atoms with Crippen molar-refractivity contribution in [2.24, 2.45) is 5.92 Å². The van der Waals surface area contributed by atoms with Crippen LogP contribution < -0.4 is 4.90 Å². The van der Waals surface area contributed by atoms with Crippen LogP contribution in [0.5, 0.6) is 0 Å². The molecule has 96 valence electrons. The molecule has 0 aromatic heterocycles. The summed E-state index contributed by atoms with van der Waals surface area (Å²) in [6.45, 7) is 1.66. The Balaban J connectivity index is 2.36. The van der Waals surface area contributed by atoms with Gasteiger partial charge in [-0.3, -0.25) is 9.59 Å². The van der Waals surface area contributed by atoms with Crippen LogP contribution in [-0.4, -0.2) is 23.5 Å². The van der Waals surface area contributed by atoms with Gasteiger partial charge in [0.2, 0.25) is 5.91 Å². The van der Waals surface area contributed by atoms with Gasteiger partial charge in [-0.1, -0.05) is 0 Å². The fourth-order valence-corrected chi connectivity index (χ4v) is 2.47. The highest BCUT2D eigenvalue weighted by molar-refractivity contribution is 9.10. The second-order valence-electron chi connectivity index (χ2n) is 4.25. The number of aliphatic carboxylic acids is 1. The molecule has 1 aromatic rings. The van der Waals surface area contributed by atoms with Gasteiger partial charge in [-0.25, -0.2) is 4.39 Å². The van der Waals surface area contributed by atoms with Crippen LogP contribution in [-0.2, 0) is 9.59 Å². The fraction of sp³-hybridized carbons (Fsp3) is 0.333. The van der Waals surface area contributed by atoms with Crippen molar-refractivity contribution in [2.45, 2.75) is 13.3 Å². The van der Waals surface area contributed by atoms with Gasteiger partial charge in [0.05, 0.1) is 10.4 Å². The number of hydrogen-bond donors (Lipinski definition) is 1. The Kier molecular flexibility index (Phi) is 3.38. The zero-order valence-corrected chi connectivity index (χ0v) is 11.2. The lowest BCUT2D eigenvalue weighted by atomic mass is 10.1. The SMILES string of the molecule is Cc1c(N2CC(C(=O)O)CC2=O)ccc(Br)c1F. The Morgan fingerprint density at radius 2 is 2.22 bits per heavy atom. The normalized spacial score (nSPS) is 19.4. The van der Waals surface area contributed by atoms with Gasteiger partial charge < -0.3 is 10.0 Å². The molecule has 1 aromatic carbocycles.